The van der Waals surface area contributed by atoms with Crippen molar-refractivity contribution in [2.45, 2.75) is 38.6 Å². The Kier molecular flexibility index (Phi) is 3.19. The number of benzene rings is 1. The first-order valence-electron chi connectivity index (χ1n) is 6.83. The van der Waals surface area contributed by atoms with Crippen molar-refractivity contribution in [1.29, 1.82) is 0 Å². The van der Waals surface area contributed by atoms with Gasteiger partial charge >= 0.3 is 0 Å². The van der Waals surface area contributed by atoms with Gasteiger partial charge in [0.05, 0.1) is 22.3 Å². The van der Waals surface area contributed by atoms with Crippen molar-refractivity contribution in [3.63, 3.8) is 0 Å². The minimum atomic E-state index is -0.350. The second kappa shape index (κ2) is 4.99. The Morgan fingerprint density at radius 2 is 2.11 bits per heavy atom. The molecule has 1 fully saturated rings. The Hall–Kier alpha value is -1.91. The molecular formula is C14H17N3O2. The first kappa shape index (κ1) is 12.1. The highest BCUT2D eigenvalue weighted by Crippen LogP contribution is 2.27. The summed E-state index contributed by atoms with van der Waals surface area (Å²) in [5.41, 5.74) is 1.85. The molecule has 1 aliphatic carbocycles. The van der Waals surface area contributed by atoms with Gasteiger partial charge in [-0.2, -0.15) is 0 Å². The fraction of sp³-hybridized carbons (Fsp3) is 0.500. The van der Waals surface area contributed by atoms with E-state index < -0.39 is 0 Å². The fourth-order valence-corrected chi connectivity index (χ4v) is 2.95. The van der Waals surface area contributed by atoms with Gasteiger partial charge in [0.25, 0.3) is 5.69 Å². The summed E-state index contributed by atoms with van der Waals surface area (Å²) in [6, 6.07) is 4.87. The van der Waals surface area contributed by atoms with Crippen LogP contribution in [0.4, 0.5) is 5.69 Å². The van der Waals surface area contributed by atoms with Gasteiger partial charge in [0, 0.05) is 18.7 Å². The summed E-state index contributed by atoms with van der Waals surface area (Å²) in [7, 11) is 0. The fourth-order valence-electron chi connectivity index (χ4n) is 2.95. The molecule has 19 heavy (non-hydrogen) atoms. The molecule has 0 radical (unpaired) electrons. The average Bonchev–Trinajstić information content (AvgIpc) is 2.82. The molecule has 5 heteroatoms. The molecule has 0 amide bonds. The van der Waals surface area contributed by atoms with Gasteiger partial charge in [-0.15, -0.1) is 0 Å². The first-order valence-corrected chi connectivity index (χ1v) is 6.83. The predicted molar refractivity (Wildman–Crippen MR) is 73.0 cm³/mol. The number of fused-ring (bicyclic) bond motifs is 1. The minimum absolute atomic E-state index is 0.137. The van der Waals surface area contributed by atoms with Gasteiger partial charge in [-0.3, -0.25) is 10.1 Å². The van der Waals surface area contributed by atoms with E-state index >= 15 is 0 Å². The Labute approximate surface area is 111 Å². The van der Waals surface area contributed by atoms with Crippen LogP contribution in [0.2, 0.25) is 0 Å². The van der Waals surface area contributed by atoms with E-state index in [1.807, 2.05) is 6.33 Å². The smallest absolute Gasteiger partial charge is 0.271 e. The number of nitrogens with zero attached hydrogens (tertiary/aromatic N) is 3. The van der Waals surface area contributed by atoms with Crippen LogP contribution in [0.3, 0.4) is 0 Å². The van der Waals surface area contributed by atoms with Gasteiger partial charge < -0.3 is 4.57 Å². The number of hydrogen-bond donors (Lipinski definition) is 0. The average molecular weight is 259 g/mol. The molecule has 1 aromatic carbocycles. The highest BCUT2D eigenvalue weighted by atomic mass is 16.6. The SMILES string of the molecule is O=[N+]([O-])c1ccc2ncn(CC3CCCCC3)c2c1. The summed E-state index contributed by atoms with van der Waals surface area (Å²) < 4.78 is 2.07. The molecule has 2 aromatic rings. The summed E-state index contributed by atoms with van der Waals surface area (Å²) in [4.78, 5) is 14.8. The van der Waals surface area contributed by atoms with Crippen LogP contribution >= 0.6 is 0 Å². The van der Waals surface area contributed by atoms with Crippen LogP contribution in [0.5, 0.6) is 0 Å². The van der Waals surface area contributed by atoms with Gasteiger partial charge in [-0.1, -0.05) is 19.3 Å². The Bertz CT molecular complexity index is 600. The lowest BCUT2D eigenvalue weighted by molar-refractivity contribution is -0.384. The number of rotatable bonds is 3. The molecule has 1 aromatic heterocycles. The summed E-state index contributed by atoms with van der Waals surface area (Å²) in [6.45, 7) is 0.928. The van der Waals surface area contributed by atoms with Crippen molar-refractivity contribution >= 4 is 16.7 Å². The maximum absolute atomic E-state index is 10.8. The highest BCUT2D eigenvalue weighted by molar-refractivity contribution is 5.77. The van der Waals surface area contributed by atoms with Crippen LogP contribution in [-0.2, 0) is 6.54 Å². The summed E-state index contributed by atoms with van der Waals surface area (Å²) in [6.07, 6.45) is 8.27. The maximum Gasteiger partial charge on any atom is 0.271 e. The number of imidazole rings is 1. The highest BCUT2D eigenvalue weighted by Gasteiger charge is 2.16. The molecule has 0 atom stereocenters. The Balaban J connectivity index is 1.89. The third-order valence-electron chi connectivity index (χ3n) is 4.00. The van der Waals surface area contributed by atoms with Crippen LogP contribution in [-0.4, -0.2) is 14.5 Å². The van der Waals surface area contributed by atoms with Gasteiger partial charge in [-0.25, -0.2) is 4.98 Å². The molecule has 0 spiro atoms. The molecule has 0 aliphatic heterocycles. The Morgan fingerprint density at radius 1 is 1.32 bits per heavy atom. The summed E-state index contributed by atoms with van der Waals surface area (Å²) in [5.74, 6) is 0.686. The van der Waals surface area contributed by atoms with Crippen molar-refractivity contribution in [3.05, 3.63) is 34.6 Å². The number of aromatic nitrogens is 2. The van der Waals surface area contributed by atoms with Crippen LogP contribution < -0.4 is 0 Å². The second-order valence-electron chi connectivity index (χ2n) is 5.33. The van der Waals surface area contributed by atoms with Crippen molar-refractivity contribution < 1.29 is 4.92 Å². The van der Waals surface area contributed by atoms with E-state index in [0.717, 1.165) is 17.6 Å². The molecule has 0 saturated heterocycles. The quantitative estimate of drug-likeness (QED) is 0.625. The molecule has 0 N–H and O–H groups in total. The van der Waals surface area contributed by atoms with Gasteiger partial charge in [0.1, 0.15) is 0 Å². The minimum Gasteiger partial charge on any atom is -0.330 e. The van der Waals surface area contributed by atoms with Crippen molar-refractivity contribution in [2.24, 2.45) is 5.92 Å². The lowest BCUT2D eigenvalue weighted by atomic mass is 9.89. The van der Waals surface area contributed by atoms with Crippen molar-refractivity contribution in [3.8, 4) is 0 Å². The molecule has 100 valence electrons. The molecule has 3 rings (SSSR count). The predicted octanol–water partition coefficient (Wildman–Crippen LogP) is 3.52. The number of hydrogen-bond acceptors (Lipinski definition) is 3. The monoisotopic (exact) mass is 259 g/mol. The van der Waals surface area contributed by atoms with Gasteiger partial charge in [-0.05, 0) is 24.8 Å². The summed E-state index contributed by atoms with van der Waals surface area (Å²) in [5, 5.41) is 10.8. The second-order valence-corrected chi connectivity index (χ2v) is 5.33. The zero-order valence-electron chi connectivity index (χ0n) is 10.8. The topological polar surface area (TPSA) is 61.0 Å². The lowest BCUT2D eigenvalue weighted by Gasteiger charge is -2.22. The van der Waals surface area contributed by atoms with Crippen LogP contribution in [0.15, 0.2) is 24.5 Å². The van der Waals surface area contributed by atoms with Crippen molar-refractivity contribution in [1.82, 2.24) is 9.55 Å². The van der Waals surface area contributed by atoms with E-state index in [-0.39, 0.29) is 10.6 Å². The van der Waals surface area contributed by atoms with Gasteiger partial charge in [0.15, 0.2) is 0 Å². The molecule has 1 heterocycles. The van der Waals surface area contributed by atoms with E-state index in [9.17, 15) is 10.1 Å². The molecular weight excluding hydrogens is 242 g/mol. The molecule has 1 saturated carbocycles. The standard InChI is InChI=1S/C14H17N3O2/c18-17(19)12-6-7-13-14(8-12)16(10-15-13)9-11-4-2-1-3-5-11/h6-8,10-11H,1-5,9H2. The molecule has 5 nitrogen and oxygen atoms in total. The van der Waals surface area contributed by atoms with E-state index in [1.165, 1.54) is 38.2 Å². The maximum atomic E-state index is 10.8. The third kappa shape index (κ3) is 2.45. The molecule has 0 unspecified atom stereocenters. The third-order valence-corrected chi connectivity index (χ3v) is 4.00. The van der Waals surface area contributed by atoms with Gasteiger partial charge in [0.2, 0.25) is 0 Å². The zero-order valence-corrected chi connectivity index (χ0v) is 10.8. The number of nitro benzene ring substituents is 1. The molecule has 1 aliphatic rings. The first-order chi connectivity index (χ1) is 9.24. The van der Waals surface area contributed by atoms with Crippen LogP contribution in [0, 0.1) is 16.0 Å². The lowest BCUT2D eigenvalue weighted by Crippen LogP contribution is -2.13. The van der Waals surface area contributed by atoms with E-state index in [2.05, 4.69) is 9.55 Å². The Morgan fingerprint density at radius 3 is 2.84 bits per heavy atom. The largest absolute Gasteiger partial charge is 0.330 e. The zero-order chi connectivity index (χ0) is 13.2. The van der Waals surface area contributed by atoms with Crippen LogP contribution in [0.25, 0.3) is 11.0 Å². The van der Waals surface area contributed by atoms with Crippen LogP contribution in [0.1, 0.15) is 32.1 Å². The van der Waals surface area contributed by atoms with E-state index in [1.54, 1.807) is 12.1 Å². The normalized spacial score (nSPS) is 16.8. The number of non-ortho nitro benzene ring substituents is 1. The van der Waals surface area contributed by atoms with Crippen molar-refractivity contribution in [2.75, 3.05) is 0 Å². The van der Waals surface area contributed by atoms with E-state index in [0.29, 0.717) is 5.92 Å². The molecule has 0 bridgehead atoms. The van der Waals surface area contributed by atoms with E-state index in [4.69, 9.17) is 0 Å². The summed E-state index contributed by atoms with van der Waals surface area (Å²) >= 11 is 0. The number of nitro groups is 1.